The second kappa shape index (κ2) is 9.18. The number of carbonyl (C=O) groups excluding carboxylic acids is 2. The van der Waals surface area contributed by atoms with Gasteiger partial charge in [0.1, 0.15) is 6.10 Å². The van der Waals surface area contributed by atoms with Crippen LogP contribution in [0.1, 0.15) is 120 Å². The predicted octanol–water partition coefficient (Wildman–Crippen LogP) is 6.46. The zero-order valence-corrected chi connectivity index (χ0v) is 26.3. The highest BCUT2D eigenvalue weighted by atomic mass is 16.6. The highest BCUT2D eigenvalue weighted by Gasteiger charge is 2.84. The fourth-order valence-corrected chi connectivity index (χ4v) is 12.8. The molecule has 0 amide bonds. The van der Waals surface area contributed by atoms with Gasteiger partial charge in [-0.2, -0.15) is 0 Å². The molecule has 0 aromatic carbocycles. The molecule has 40 heavy (non-hydrogen) atoms. The Morgan fingerprint density at radius 3 is 2.25 bits per heavy atom. The first kappa shape index (κ1) is 29.0. The van der Waals surface area contributed by atoms with Crippen LogP contribution in [-0.4, -0.2) is 47.1 Å². The van der Waals surface area contributed by atoms with Crippen molar-refractivity contribution in [1.82, 2.24) is 0 Å². The van der Waals surface area contributed by atoms with Crippen LogP contribution in [-0.2, 0) is 23.8 Å². The molecule has 6 heteroatoms. The summed E-state index contributed by atoms with van der Waals surface area (Å²) in [6.45, 7) is 16.3. The van der Waals surface area contributed by atoms with Gasteiger partial charge in [-0.15, -0.1) is 0 Å². The summed E-state index contributed by atoms with van der Waals surface area (Å²) in [6, 6.07) is 0. The molecule has 1 N–H and O–H groups in total. The number of carbonyl (C=O) groups is 2. The van der Waals surface area contributed by atoms with Gasteiger partial charge in [-0.3, -0.25) is 9.59 Å². The van der Waals surface area contributed by atoms with E-state index in [0.29, 0.717) is 28.6 Å². The van der Waals surface area contributed by atoms with E-state index < -0.39 is 11.7 Å². The molecule has 5 aliphatic carbocycles. The minimum absolute atomic E-state index is 0.00504. The fourth-order valence-electron chi connectivity index (χ4n) is 12.8. The molecule has 6 rings (SSSR count). The quantitative estimate of drug-likeness (QED) is 0.399. The first-order valence-corrected chi connectivity index (χ1v) is 16.3. The van der Waals surface area contributed by atoms with E-state index in [0.717, 1.165) is 37.5 Å². The van der Waals surface area contributed by atoms with Crippen LogP contribution >= 0.6 is 0 Å². The number of hydrogen-bond donors (Lipinski definition) is 1. The van der Waals surface area contributed by atoms with Gasteiger partial charge in [0, 0.05) is 19.3 Å². The molecule has 226 valence electrons. The Morgan fingerprint density at radius 1 is 0.900 bits per heavy atom. The van der Waals surface area contributed by atoms with Gasteiger partial charge in [-0.1, -0.05) is 34.1 Å². The van der Waals surface area contributed by atoms with E-state index in [9.17, 15) is 14.7 Å². The second-order valence-electron chi connectivity index (χ2n) is 16.3. The van der Waals surface area contributed by atoms with Crippen LogP contribution in [0.25, 0.3) is 0 Å². The molecular formula is C34H54O6. The average Bonchev–Trinajstić information content (AvgIpc) is 3.29. The molecular weight excluding hydrogens is 504 g/mol. The summed E-state index contributed by atoms with van der Waals surface area (Å²) in [5.41, 5.74) is -0.0931. The van der Waals surface area contributed by atoms with Gasteiger partial charge in [0.2, 0.25) is 0 Å². The number of ether oxygens (including phenoxy) is 3. The minimum Gasteiger partial charge on any atom is -0.462 e. The largest absolute Gasteiger partial charge is 0.462 e. The summed E-state index contributed by atoms with van der Waals surface area (Å²) < 4.78 is 18.4. The number of esters is 2. The van der Waals surface area contributed by atoms with E-state index in [1.165, 1.54) is 45.4 Å². The summed E-state index contributed by atoms with van der Waals surface area (Å²) in [7, 11) is 0. The Bertz CT molecular complexity index is 1050. The Balaban J connectivity index is 1.28. The number of aliphatic hydroxyl groups is 1. The Hall–Kier alpha value is -1.14. The third kappa shape index (κ3) is 3.79. The smallest absolute Gasteiger partial charge is 0.303 e. The number of fused-ring (bicyclic) bond motifs is 4. The summed E-state index contributed by atoms with van der Waals surface area (Å²) in [5, 5.41) is 10.9. The maximum atomic E-state index is 12.0. The molecule has 6 nitrogen and oxygen atoms in total. The minimum atomic E-state index is -1.15. The first-order valence-electron chi connectivity index (χ1n) is 16.3. The van der Waals surface area contributed by atoms with Crippen LogP contribution in [0.15, 0.2) is 0 Å². The molecule has 0 radical (unpaired) electrons. The topological polar surface area (TPSA) is 82.1 Å². The summed E-state index contributed by atoms with van der Waals surface area (Å²) in [5.74, 6) is 2.72. The molecule has 0 bridgehead atoms. The summed E-state index contributed by atoms with van der Waals surface area (Å²) >= 11 is 0. The number of rotatable bonds is 4. The molecule has 1 saturated heterocycles. The molecule has 6 aliphatic rings. The van der Waals surface area contributed by atoms with Crippen LogP contribution in [0.5, 0.6) is 0 Å². The monoisotopic (exact) mass is 558 g/mol. The average molecular weight is 559 g/mol. The Morgan fingerprint density at radius 2 is 1.60 bits per heavy atom. The highest BCUT2D eigenvalue weighted by molar-refractivity contribution is 5.66. The molecule has 1 heterocycles. The number of hydrogen-bond acceptors (Lipinski definition) is 6. The van der Waals surface area contributed by atoms with Crippen LogP contribution in [0, 0.1) is 51.2 Å². The van der Waals surface area contributed by atoms with Crippen molar-refractivity contribution in [2.24, 2.45) is 51.2 Å². The van der Waals surface area contributed by atoms with Crippen molar-refractivity contribution in [3.05, 3.63) is 0 Å². The molecule has 5 saturated carbocycles. The third-order valence-corrected chi connectivity index (χ3v) is 14.1. The lowest BCUT2D eigenvalue weighted by Gasteiger charge is -2.56. The van der Waals surface area contributed by atoms with Gasteiger partial charge < -0.3 is 19.3 Å². The van der Waals surface area contributed by atoms with E-state index in [1.54, 1.807) is 20.8 Å². The predicted molar refractivity (Wildman–Crippen MR) is 152 cm³/mol. The lowest BCUT2D eigenvalue weighted by molar-refractivity contribution is -0.199. The van der Waals surface area contributed by atoms with Crippen LogP contribution < -0.4 is 0 Å². The normalized spacial score (nSPS) is 49.6. The van der Waals surface area contributed by atoms with E-state index in [-0.39, 0.29) is 41.1 Å². The van der Waals surface area contributed by atoms with Crippen molar-refractivity contribution in [3.8, 4) is 0 Å². The van der Waals surface area contributed by atoms with E-state index in [2.05, 4.69) is 27.7 Å². The van der Waals surface area contributed by atoms with Gasteiger partial charge in [0.25, 0.3) is 0 Å². The standard InChI is InChI=1S/C34H54O6/c1-19-33-16-9-15-32(8)23-10-12-25(29(31(6,7)37)39-21(3)36)40-26(23)18-24(32)22(33)11-13-27-30(4,5)28(38-20(2)35)14-17-34(19,27)33/h19,22-29,37H,9-18H2,1-8H3/t19-,22?,23?,24?,25?,26?,27?,28-,29-,32+,33-,34+/m0/s1. The zero-order valence-electron chi connectivity index (χ0n) is 26.3. The van der Waals surface area contributed by atoms with Gasteiger partial charge in [0.15, 0.2) is 6.10 Å². The molecule has 2 spiro atoms. The second-order valence-corrected chi connectivity index (χ2v) is 16.3. The maximum Gasteiger partial charge on any atom is 0.303 e. The van der Waals surface area contributed by atoms with Gasteiger partial charge >= 0.3 is 11.9 Å². The first-order chi connectivity index (χ1) is 18.6. The van der Waals surface area contributed by atoms with Crippen molar-refractivity contribution in [3.63, 3.8) is 0 Å². The van der Waals surface area contributed by atoms with Crippen LogP contribution in [0.4, 0.5) is 0 Å². The summed E-state index contributed by atoms with van der Waals surface area (Å²) in [4.78, 5) is 23.9. The molecule has 6 fully saturated rings. The highest BCUT2D eigenvalue weighted by Crippen LogP contribution is 2.88. The van der Waals surface area contributed by atoms with Gasteiger partial charge in [-0.05, 0) is 117 Å². The van der Waals surface area contributed by atoms with Crippen molar-refractivity contribution in [1.29, 1.82) is 0 Å². The maximum absolute atomic E-state index is 12.0. The van der Waals surface area contributed by atoms with E-state index in [1.807, 2.05) is 0 Å². The van der Waals surface area contributed by atoms with Crippen molar-refractivity contribution in [2.75, 3.05) is 0 Å². The third-order valence-electron chi connectivity index (χ3n) is 14.1. The van der Waals surface area contributed by atoms with Crippen molar-refractivity contribution < 1.29 is 28.9 Å². The van der Waals surface area contributed by atoms with Crippen molar-refractivity contribution >= 4 is 11.9 Å². The van der Waals surface area contributed by atoms with Crippen LogP contribution in [0.3, 0.4) is 0 Å². The lowest BCUT2D eigenvalue weighted by Crippen LogP contribution is -2.53. The van der Waals surface area contributed by atoms with Gasteiger partial charge in [0.05, 0.1) is 17.8 Å². The van der Waals surface area contributed by atoms with Crippen molar-refractivity contribution in [2.45, 2.75) is 150 Å². The SMILES string of the molecule is CC(=O)O[C@H]1CC[C@@]23C(CCC4C5CC6OC([C@H](OC(C)=O)C(C)(C)O)CCC6[C@@]5(C)CCC[C@]42[C@@H]3C)C1(C)C. The molecule has 0 aromatic rings. The Labute approximate surface area is 241 Å². The molecule has 1 aliphatic heterocycles. The lowest BCUT2D eigenvalue weighted by atomic mass is 9.50. The van der Waals surface area contributed by atoms with E-state index in [4.69, 9.17) is 14.2 Å². The van der Waals surface area contributed by atoms with Crippen LogP contribution in [0.2, 0.25) is 0 Å². The fraction of sp³-hybridized carbons (Fsp3) is 0.941. The molecule has 6 unspecified atom stereocenters. The van der Waals surface area contributed by atoms with E-state index >= 15 is 0 Å². The molecule has 0 aromatic heterocycles. The zero-order chi connectivity index (χ0) is 29.0. The van der Waals surface area contributed by atoms with Gasteiger partial charge in [-0.25, -0.2) is 0 Å². The summed E-state index contributed by atoms with van der Waals surface area (Å²) in [6.07, 6.45) is 10.9. The molecule has 12 atom stereocenters. The Kier molecular flexibility index (Phi) is 6.64.